The third-order valence-corrected chi connectivity index (χ3v) is 4.47. The van der Waals surface area contributed by atoms with Crippen molar-refractivity contribution >= 4 is 11.6 Å². The fraction of sp³-hybridized carbons (Fsp3) is 0.611. The van der Waals surface area contributed by atoms with Crippen LogP contribution in [0.3, 0.4) is 0 Å². The standard InChI is InChI=1S/C18H28N2O/c1-14(2)12-18(10-6-7-11-18)17(21)20-16-9-5-4-8-15(16)13-19-3/h4-5,8-9,14,19H,6-7,10-13H2,1-3H3,(H,20,21). The minimum Gasteiger partial charge on any atom is -0.325 e. The van der Waals surface area contributed by atoms with Crippen LogP contribution in [0.1, 0.15) is 51.5 Å². The van der Waals surface area contributed by atoms with E-state index in [9.17, 15) is 4.79 Å². The van der Waals surface area contributed by atoms with Gasteiger partial charge in [0.15, 0.2) is 0 Å². The van der Waals surface area contributed by atoms with E-state index in [4.69, 9.17) is 0 Å². The van der Waals surface area contributed by atoms with Gasteiger partial charge < -0.3 is 10.6 Å². The normalized spacial score (nSPS) is 17.1. The minimum atomic E-state index is -0.152. The SMILES string of the molecule is CNCc1ccccc1NC(=O)C1(CC(C)C)CCCC1. The number of amides is 1. The second-order valence-electron chi connectivity index (χ2n) is 6.73. The van der Waals surface area contributed by atoms with Gasteiger partial charge in [-0.3, -0.25) is 4.79 Å². The van der Waals surface area contributed by atoms with Gasteiger partial charge in [-0.25, -0.2) is 0 Å². The monoisotopic (exact) mass is 288 g/mol. The first-order valence-electron chi connectivity index (χ1n) is 8.11. The molecule has 1 aromatic rings. The number of hydrogen-bond acceptors (Lipinski definition) is 2. The van der Waals surface area contributed by atoms with Gasteiger partial charge in [0.2, 0.25) is 5.91 Å². The lowest BCUT2D eigenvalue weighted by atomic mass is 9.77. The van der Waals surface area contributed by atoms with Gasteiger partial charge in [-0.15, -0.1) is 0 Å². The zero-order chi connectivity index (χ0) is 15.3. The van der Waals surface area contributed by atoms with Gasteiger partial charge >= 0.3 is 0 Å². The Morgan fingerprint density at radius 1 is 1.24 bits per heavy atom. The quantitative estimate of drug-likeness (QED) is 0.832. The Hall–Kier alpha value is -1.35. The zero-order valence-electron chi connectivity index (χ0n) is 13.5. The molecule has 0 aromatic heterocycles. The van der Waals surface area contributed by atoms with E-state index in [1.165, 1.54) is 12.8 Å². The van der Waals surface area contributed by atoms with Crippen LogP contribution in [0.5, 0.6) is 0 Å². The van der Waals surface area contributed by atoms with E-state index in [2.05, 4.69) is 30.5 Å². The van der Waals surface area contributed by atoms with Gasteiger partial charge in [0.1, 0.15) is 0 Å². The molecular formula is C18H28N2O. The molecule has 2 rings (SSSR count). The van der Waals surface area contributed by atoms with Crippen molar-refractivity contribution in [2.75, 3.05) is 12.4 Å². The first kappa shape index (κ1) is 16.0. The van der Waals surface area contributed by atoms with Crippen molar-refractivity contribution in [2.24, 2.45) is 11.3 Å². The molecule has 116 valence electrons. The third-order valence-electron chi connectivity index (χ3n) is 4.47. The number of carbonyl (C=O) groups excluding carboxylic acids is 1. The highest BCUT2D eigenvalue weighted by Gasteiger charge is 2.41. The maximum atomic E-state index is 12.9. The summed E-state index contributed by atoms with van der Waals surface area (Å²) in [5, 5.41) is 6.36. The van der Waals surface area contributed by atoms with E-state index in [-0.39, 0.29) is 11.3 Å². The molecule has 1 aliphatic rings. The summed E-state index contributed by atoms with van der Waals surface area (Å²) in [5.41, 5.74) is 1.94. The van der Waals surface area contributed by atoms with Crippen LogP contribution in [0.15, 0.2) is 24.3 Å². The van der Waals surface area contributed by atoms with Crippen LogP contribution < -0.4 is 10.6 Å². The molecule has 1 amide bonds. The van der Waals surface area contributed by atoms with Crippen molar-refractivity contribution in [3.63, 3.8) is 0 Å². The molecule has 0 bridgehead atoms. The Morgan fingerprint density at radius 2 is 1.90 bits per heavy atom. The average molecular weight is 288 g/mol. The van der Waals surface area contributed by atoms with E-state index in [0.29, 0.717) is 5.92 Å². The highest BCUT2D eigenvalue weighted by Crippen LogP contribution is 2.44. The van der Waals surface area contributed by atoms with Crippen molar-refractivity contribution in [2.45, 2.75) is 52.5 Å². The number of benzene rings is 1. The zero-order valence-corrected chi connectivity index (χ0v) is 13.5. The van der Waals surface area contributed by atoms with E-state index in [0.717, 1.165) is 37.1 Å². The van der Waals surface area contributed by atoms with E-state index >= 15 is 0 Å². The molecule has 0 atom stereocenters. The Balaban J connectivity index is 2.16. The molecule has 0 radical (unpaired) electrons. The predicted molar refractivity (Wildman–Crippen MR) is 88.2 cm³/mol. The van der Waals surface area contributed by atoms with Crippen LogP contribution in [0.2, 0.25) is 0 Å². The Kier molecular flexibility index (Phi) is 5.40. The van der Waals surface area contributed by atoms with Crippen molar-refractivity contribution < 1.29 is 4.79 Å². The largest absolute Gasteiger partial charge is 0.325 e. The molecular weight excluding hydrogens is 260 g/mol. The maximum Gasteiger partial charge on any atom is 0.230 e. The Labute approximate surface area is 128 Å². The number of anilines is 1. The molecule has 0 saturated heterocycles. The summed E-state index contributed by atoms with van der Waals surface area (Å²) in [6.45, 7) is 5.19. The van der Waals surface area contributed by atoms with Gasteiger partial charge in [0.25, 0.3) is 0 Å². The number of hydrogen-bond donors (Lipinski definition) is 2. The second kappa shape index (κ2) is 7.08. The molecule has 1 aromatic carbocycles. The number of carbonyl (C=O) groups is 1. The average Bonchev–Trinajstić information content (AvgIpc) is 2.90. The maximum absolute atomic E-state index is 12.9. The fourth-order valence-corrected chi connectivity index (χ4v) is 3.60. The van der Waals surface area contributed by atoms with E-state index in [1.807, 2.05) is 25.2 Å². The molecule has 1 saturated carbocycles. The molecule has 0 unspecified atom stereocenters. The summed E-state index contributed by atoms with van der Waals surface area (Å²) in [4.78, 5) is 12.9. The van der Waals surface area contributed by atoms with Crippen LogP contribution in [0.25, 0.3) is 0 Å². The van der Waals surface area contributed by atoms with Crippen LogP contribution in [0.4, 0.5) is 5.69 Å². The summed E-state index contributed by atoms with van der Waals surface area (Å²) in [5.74, 6) is 0.777. The van der Waals surface area contributed by atoms with Crippen LogP contribution in [0, 0.1) is 11.3 Å². The summed E-state index contributed by atoms with van der Waals surface area (Å²) in [6, 6.07) is 8.07. The molecule has 3 nitrogen and oxygen atoms in total. The Morgan fingerprint density at radius 3 is 2.52 bits per heavy atom. The van der Waals surface area contributed by atoms with Crippen molar-refractivity contribution in [1.82, 2.24) is 5.32 Å². The smallest absolute Gasteiger partial charge is 0.230 e. The first-order valence-corrected chi connectivity index (χ1v) is 8.11. The minimum absolute atomic E-state index is 0.152. The molecule has 3 heteroatoms. The lowest BCUT2D eigenvalue weighted by Crippen LogP contribution is -2.35. The van der Waals surface area contributed by atoms with Crippen molar-refractivity contribution in [1.29, 1.82) is 0 Å². The number of para-hydroxylation sites is 1. The highest BCUT2D eigenvalue weighted by molar-refractivity contribution is 5.96. The van der Waals surface area contributed by atoms with Crippen LogP contribution >= 0.6 is 0 Å². The molecule has 2 N–H and O–H groups in total. The molecule has 21 heavy (non-hydrogen) atoms. The van der Waals surface area contributed by atoms with E-state index < -0.39 is 0 Å². The van der Waals surface area contributed by atoms with Gasteiger partial charge in [-0.1, -0.05) is 44.9 Å². The lowest BCUT2D eigenvalue weighted by Gasteiger charge is -2.30. The molecule has 0 aliphatic heterocycles. The van der Waals surface area contributed by atoms with Gasteiger partial charge in [0, 0.05) is 17.6 Å². The Bertz CT molecular complexity index is 476. The summed E-state index contributed by atoms with van der Waals surface area (Å²) < 4.78 is 0. The molecule has 0 heterocycles. The number of nitrogens with one attached hydrogen (secondary N) is 2. The van der Waals surface area contributed by atoms with Crippen LogP contribution in [-0.4, -0.2) is 13.0 Å². The van der Waals surface area contributed by atoms with Crippen molar-refractivity contribution in [3.8, 4) is 0 Å². The van der Waals surface area contributed by atoms with E-state index in [1.54, 1.807) is 0 Å². The molecule has 0 spiro atoms. The lowest BCUT2D eigenvalue weighted by molar-refractivity contribution is -0.126. The number of rotatable bonds is 6. The summed E-state index contributed by atoms with van der Waals surface area (Å²) in [7, 11) is 1.93. The molecule has 1 aliphatic carbocycles. The topological polar surface area (TPSA) is 41.1 Å². The predicted octanol–water partition coefficient (Wildman–Crippen LogP) is 3.95. The summed E-state index contributed by atoms with van der Waals surface area (Å²) in [6.07, 6.45) is 5.42. The summed E-state index contributed by atoms with van der Waals surface area (Å²) >= 11 is 0. The third kappa shape index (κ3) is 3.85. The van der Waals surface area contributed by atoms with Gasteiger partial charge in [-0.2, -0.15) is 0 Å². The molecule has 1 fully saturated rings. The first-order chi connectivity index (χ1) is 10.1. The van der Waals surface area contributed by atoms with Gasteiger partial charge in [-0.05, 0) is 43.9 Å². The second-order valence-corrected chi connectivity index (χ2v) is 6.73. The highest BCUT2D eigenvalue weighted by atomic mass is 16.2. The van der Waals surface area contributed by atoms with Crippen molar-refractivity contribution in [3.05, 3.63) is 29.8 Å². The van der Waals surface area contributed by atoms with Gasteiger partial charge in [0.05, 0.1) is 0 Å². The van der Waals surface area contributed by atoms with Crippen LogP contribution in [-0.2, 0) is 11.3 Å². The fourth-order valence-electron chi connectivity index (χ4n) is 3.60.